The van der Waals surface area contributed by atoms with Gasteiger partial charge in [-0.15, -0.1) is 0 Å². The largest absolute Gasteiger partial charge is 0.364 e. The van der Waals surface area contributed by atoms with E-state index < -0.39 is 0 Å². The molecule has 0 amide bonds. The van der Waals surface area contributed by atoms with Crippen LogP contribution in [0.1, 0.15) is 59.3 Å². The molecule has 3 atom stereocenters. The summed E-state index contributed by atoms with van der Waals surface area (Å²) in [4.78, 5) is 0. The molecule has 1 nitrogen and oxygen atoms in total. The molecule has 3 rings (SSSR count). The molecule has 0 N–H and O–H groups in total. The smallest absolute Gasteiger partial charge is 0.0953 e. The highest BCUT2D eigenvalue weighted by Crippen LogP contribution is 2.65. The molecule has 1 heteroatoms. The van der Waals surface area contributed by atoms with Crippen LogP contribution in [0.2, 0.25) is 0 Å². The van der Waals surface area contributed by atoms with E-state index in [2.05, 4.69) is 27.4 Å². The van der Waals surface area contributed by atoms with Gasteiger partial charge in [0.25, 0.3) is 0 Å². The van der Waals surface area contributed by atoms with Gasteiger partial charge in [0.15, 0.2) is 0 Å². The lowest BCUT2D eigenvalue weighted by Crippen LogP contribution is -2.51. The maximum Gasteiger partial charge on any atom is 0.0953 e. The van der Waals surface area contributed by atoms with Crippen molar-refractivity contribution in [3.63, 3.8) is 0 Å². The Morgan fingerprint density at radius 2 is 2.00 bits per heavy atom. The molecule has 1 saturated heterocycles. The van der Waals surface area contributed by atoms with E-state index in [9.17, 15) is 0 Å². The molecule has 3 fully saturated rings. The van der Waals surface area contributed by atoms with Crippen LogP contribution in [-0.2, 0) is 4.74 Å². The van der Waals surface area contributed by atoms with Crippen molar-refractivity contribution in [1.29, 1.82) is 0 Å². The molecule has 2 saturated carbocycles. The van der Waals surface area contributed by atoms with E-state index in [4.69, 9.17) is 4.74 Å². The van der Waals surface area contributed by atoms with E-state index >= 15 is 0 Å². The highest BCUT2D eigenvalue weighted by Gasteiger charge is 2.64. The van der Waals surface area contributed by atoms with Gasteiger partial charge in [-0.3, -0.25) is 0 Å². The molecule has 16 heavy (non-hydrogen) atoms. The van der Waals surface area contributed by atoms with E-state index in [1.807, 2.05) is 0 Å². The molecule has 1 unspecified atom stereocenters. The fraction of sp³-hybridized carbons (Fsp3) is 0.867. The second-order valence-corrected chi connectivity index (χ2v) is 6.99. The molecular formula is C15H24O. The van der Waals surface area contributed by atoms with Crippen LogP contribution in [0.4, 0.5) is 0 Å². The summed E-state index contributed by atoms with van der Waals surface area (Å²) in [5.41, 5.74) is 1.85. The van der Waals surface area contributed by atoms with Crippen LogP contribution >= 0.6 is 0 Å². The Morgan fingerprint density at radius 3 is 2.75 bits per heavy atom. The Kier molecular flexibility index (Phi) is 1.98. The van der Waals surface area contributed by atoms with Crippen LogP contribution in [-0.4, -0.2) is 11.2 Å². The van der Waals surface area contributed by atoms with E-state index in [0.29, 0.717) is 5.41 Å². The quantitative estimate of drug-likeness (QED) is 0.559. The van der Waals surface area contributed by atoms with Gasteiger partial charge >= 0.3 is 0 Å². The van der Waals surface area contributed by atoms with Gasteiger partial charge in [0.2, 0.25) is 0 Å². The lowest BCUT2D eigenvalue weighted by atomic mass is 9.54. The van der Waals surface area contributed by atoms with Crippen molar-refractivity contribution < 1.29 is 4.74 Å². The second-order valence-electron chi connectivity index (χ2n) is 6.99. The summed E-state index contributed by atoms with van der Waals surface area (Å²) in [5, 5.41) is 0. The highest BCUT2D eigenvalue weighted by atomic mass is 16.5. The third kappa shape index (κ3) is 1.11. The number of ether oxygens (including phenoxy) is 1. The normalized spacial score (nSPS) is 50.2. The van der Waals surface area contributed by atoms with E-state index in [0.717, 1.165) is 5.92 Å². The topological polar surface area (TPSA) is 9.23 Å². The van der Waals surface area contributed by atoms with E-state index in [1.165, 1.54) is 44.1 Å². The summed E-state index contributed by atoms with van der Waals surface area (Å²) < 4.78 is 6.58. The number of hydrogen-bond acceptors (Lipinski definition) is 1. The average molecular weight is 220 g/mol. The van der Waals surface area contributed by atoms with Crippen molar-refractivity contribution in [3.05, 3.63) is 12.2 Å². The van der Waals surface area contributed by atoms with Crippen molar-refractivity contribution in [2.75, 3.05) is 0 Å². The molecule has 0 radical (unpaired) electrons. The minimum absolute atomic E-state index is 0.0255. The summed E-state index contributed by atoms with van der Waals surface area (Å²) in [6.45, 7) is 11.3. The third-order valence-corrected chi connectivity index (χ3v) is 5.75. The molecule has 0 aromatic rings. The predicted molar refractivity (Wildman–Crippen MR) is 66.3 cm³/mol. The van der Waals surface area contributed by atoms with Crippen molar-refractivity contribution in [2.45, 2.75) is 70.5 Å². The van der Waals surface area contributed by atoms with E-state index in [-0.39, 0.29) is 11.2 Å². The Hall–Kier alpha value is -0.300. The zero-order valence-electron chi connectivity index (χ0n) is 10.9. The van der Waals surface area contributed by atoms with Crippen molar-refractivity contribution in [1.82, 2.24) is 0 Å². The molecular weight excluding hydrogens is 196 g/mol. The monoisotopic (exact) mass is 220 g/mol. The summed E-state index contributed by atoms with van der Waals surface area (Å²) in [5.74, 6) is 0.746. The predicted octanol–water partition coefficient (Wildman–Crippen LogP) is 4.08. The molecule has 1 aliphatic heterocycles. The second kappa shape index (κ2) is 2.93. The van der Waals surface area contributed by atoms with Crippen LogP contribution in [0.25, 0.3) is 0 Å². The summed E-state index contributed by atoms with van der Waals surface area (Å²) in [6, 6.07) is 0. The maximum absolute atomic E-state index is 6.58. The molecule has 2 bridgehead atoms. The van der Waals surface area contributed by atoms with Gasteiger partial charge in [0.05, 0.1) is 11.2 Å². The Bertz CT molecular complexity index is 343. The number of rotatable bonds is 0. The van der Waals surface area contributed by atoms with Crippen LogP contribution in [0.3, 0.4) is 0 Å². The molecule has 3 aliphatic rings. The molecule has 90 valence electrons. The molecule has 1 heterocycles. The molecule has 1 spiro atoms. The Balaban J connectivity index is 2.07. The van der Waals surface area contributed by atoms with Crippen molar-refractivity contribution >= 4 is 0 Å². The standard InChI is InChI=1S/C15H24O/c1-11-6-5-8-14(4)9-7-12-10-15(11,14)16-13(12,2)3/h12H,1,5-10H2,2-4H3/t12?,14-,15+/m0/s1. The van der Waals surface area contributed by atoms with Crippen LogP contribution in [0.15, 0.2) is 12.2 Å². The summed E-state index contributed by atoms with van der Waals surface area (Å²) >= 11 is 0. The molecule has 0 aromatic carbocycles. The van der Waals surface area contributed by atoms with E-state index in [1.54, 1.807) is 0 Å². The van der Waals surface area contributed by atoms with Gasteiger partial charge in [0, 0.05) is 5.41 Å². The van der Waals surface area contributed by atoms with Crippen LogP contribution in [0, 0.1) is 11.3 Å². The van der Waals surface area contributed by atoms with Crippen LogP contribution in [0.5, 0.6) is 0 Å². The van der Waals surface area contributed by atoms with Gasteiger partial charge in [-0.1, -0.05) is 13.5 Å². The maximum atomic E-state index is 6.58. The summed E-state index contributed by atoms with van der Waals surface area (Å²) in [6.07, 6.45) is 7.73. The minimum atomic E-state index is 0.0255. The first-order valence-electron chi connectivity index (χ1n) is 6.78. The molecule has 2 aliphatic carbocycles. The first kappa shape index (κ1) is 10.8. The fourth-order valence-electron chi connectivity index (χ4n) is 4.54. The number of fused-ring (bicyclic) bond motifs is 1. The first-order chi connectivity index (χ1) is 7.40. The highest BCUT2D eigenvalue weighted by molar-refractivity contribution is 5.28. The zero-order chi connectivity index (χ0) is 11.6. The van der Waals surface area contributed by atoms with Crippen molar-refractivity contribution in [2.24, 2.45) is 11.3 Å². The lowest BCUT2D eigenvalue weighted by molar-refractivity contribution is -0.136. The fourth-order valence-corrected chi connectivity index (χ4v) is 4.54. The van der Waals surface area contributed by atoms with Gasteiger partial charge in [0.1, 0.15) is 0 Å². The van der Waals surface area contributed by atoms with Gasteiger partial charge in [-0.25, -0.2) is 0 Å². The third-order valence-electron chi connectivity index (χ3n) is 5.75. The SMILES string of the molecule is C=C1CCC[C@@]2(C)CCC3C[C@@]12OC3(C)C. The van der Waals surface area contributed by atoms with Crippen LogP contribution < -0.4 is 0 Å². The first-order valence-corrected chi connectivity index (χ1v) is 6.78. The minimum Gasteiger partial charge on any atom is -0.364 e. The van der Waals surface area contributed by atoms with Crippen molar-refractivity contribution in [3.8, 4) is 0 Å². The van der Waals surface area contributed by atoms with Gasteiger partial charge < -0.3 is 4.74 Å². The summed E-state index contributed by atoms with van der Waals surface area (Å²) in [7, 11) is 0. The average Bonchev–Trinajstić information content (AvgIpc) is 2.42. The van der Waals surface area contributed by atoms with Gasteiger partial charge in [-0.05, 0) is 63.9 Å². The van der Waals surface area contributed by atoms with Gasteiger partial charge in [-0.2, -0.15) is 0 Å². The molecule has 0 aromatic heterocycles. The zero-order valence-corrected chi connectivity index (χ0v) is 10.9. The number of hydrogen-bond donors (Lipinski definition) is 0. The lowest BCUT2D eigenvalue weighted by Gasteiger charge is -2.53. The Labute approximate surface area is 99.3 Å². The Morgan fingerprint density at radius 1 is 1.25 bits per heavy atom.